The first kappa shape index (κ1) is 21.0. The van der Waals surface area contributed by atoms with Crippen molar-refractivity contribution in [1.29, 1.82) is 0 Å². The van der Waals surface area contributed by atoms with E-state index in [0.29, 0.717) is 12.2 Å². The summed E-state index contributed by atoms with van der Waals surface area (Å²) >= 11 is 1.38. The number of thioether (sulfide) groups is 1. The fourth-order valence-electron chi connectivity index (χ4n) is 3.06. The summed E-state index contributed by atoms with van der Waals surface area (Å²) in [7, 11) is -3.91. The minimum absolute atomic E-state index is 0.00508. The topological polar surface area (TPSA) is 46.6 Å². The van der Waals surface area contributed by atoms with E-state index in [2.05, 4.69) is 0 Å². The van der Waals surface area contributed by atoms with E-state index < -0.39 is 27.5 Å². The molecule has 0 spiro atoms. The minimum atomic E-state index is -3.91. The van der Waals surface area contributed by atoms with E-state index in [1.165, 1.54) is 28.2 Å². The van der Waals surface area contributed by atoms with Gasteiger partial charge >= 0.3 is 0 Å². The van der Waals surface area contributed by atoms with Gasteiger partial charge in [-0.1, -0.05) is 0 Å². The van der Waals surface area contributed by atoms with Gasteiger partial charge in [0.15, 0.2) is 11.6 Å². The maximum Gasteiger partial charge on any atom is 0.243 e. The number of ether oxygens (including phenoxy) is 1. The summed E-state index contributed by atoms with van der Waals surface area (Å²) in [6.07, 6.45) is 0.323. The number of rotatable bonds is 5. The van der Waals surface area contributed by atoms with Crippen molar-refractivity contribution in [2.75, 3.05) is 25.4 Å². The molecule has 28 heavy (non-hydrogen) atoms. The molecule has 4 nitrogen and oxygen atoms in total. The highest BCUT2D eigenvalue weighted by molar-refractivity contribution is 7.99. The van der Waals surface area contributed by atoms with E-state index in [1.54, 1.807) is 6.92 Å². The summed E-state index contributed by atoms with van der Waals surface area (Å²) in [5.41, 5.74) is 0.233. The number of halogens is 3. The number of hydrogen-bond donors (Lipinski definition) is 0. The van der Waals surface area contributed by atoms with Crippen LogP contribution in [-0.2, 0) is 10.0 Å². The smallest absolute Gasteiger partial charge is 0.243 e. The van der Waals surface area contributed by atoms with Crippen molar-refractivity contribution in [3.63, 3.8) is 0 Å². The molecule has 0 radical (unpaired) electrons. The molecule has 2 aromatic carbocycles. The lowest BCUT2D eigenvalue weighted by Crippen LogP contribution is -2.33. The quantitative estimate of drug-likeness (QED) is 0.705. The van der Waals surface area contributed by atoms with Gasteiger partial charge in [-0.3, -0.25) is 0 Å². The molecule has 0 aromatic heterocycles. The Morgan fingerprint density at radius 1 is 1.11 bits per heavy atom. The van der Waals surface area contributed by atoms with Gasteiger partial charge in [-0.25, -0.2) is 21.6 Å². The van der Waals surface area contributed by atoms with Gasteiger partial charge in [0.05, 0.1) is 11.5 Å². The molecule has 1 heterocycles. The molecule has 9 heteroatoms. The van der Waals surface area contributed by atoms with Crippen LogP contribution in [-0.4, -0.2) is 38.2 Å². The average molecular weight is 432 g/mol. The lowest BCUT2D eigenvalue weighted by Gasteiger charge is -2.20. The van der Waals surface area contributed by atoms with E-state index in [4.69, 9.17) is 4.74 Å². The maximum atomic E-state index is 14.1. The summed E-state index contributed by atoms with van der Waals surface area (Å²) in [5.74, 6) is -1.37. The van der Waals surface area contributed by atoms with Crippen LogP contribution in [0.2, 0.25) is 0 Å². The van der Waals surface area contributed by atoms with Crippen LogP contribution in [0, 0.1) is 17.5 Å². The van der Waals surface area contributed by atoms with Gasteiger partial charge < -0.3 is 4.74 Å². The van der Waals surface area contributed by atoms with Gasteiger partial charge in [0.1, 0.15) is 11.6 Å². The van der Waals surface area contributed by atoms with Crippen LogP contribution < -0.4 is 4.74 Å². The monoisotopic (exact) mass is 431 g/mol. The van der Waals surface area contributed by atoms with Gasteiger partial charge in [-0.15, -0.1) is 0 Å². The Morgan fingerprint density at radius 2 is 1.89 bits per heavy atom. The molecule has 152 valence electrons. The van der Waals surface area contributed by atoms with Crippen molar-refractivity contribution in [2.45, 2.75) is 23.5 Å². The normalized spacial score (nSPS) is 18.6. The molecule has 0 bridgehead atoms. The third kappa shape index (κ3) is 4.47. The van der Waals surface area contributed by atoms with E-state index in [9.17, 15) is 21.6 Å². The Kier molecular flexibility index (Phi) is 6.57. The molecule has 0 N–H and O–H groups in total. The summed E-state index contributed by atoms with van der Waals surface area (Å²) in [5, 5.41) is -0.354. The summed E-state index contributed by atoms with van der Waals surface area (Å²) in [6.45, 7) is 2.31. The summed E-state index contributed by atoms with van der Waals surface area (Å²) < 4.78 is 73.8. The zero-order valence-electron chi connectivity index (χ0n) is 15.2. The van der Waals surface area contributed by atoms with Crippen LogP contribution in [0.3, 0.4) is 0 Å². The molecule has 0 saturated carbocycles. The maximum absolute atomic E-state index is 14.1. The van der Waals surface area contributed by atoms with Crippen LogP contribution in [0.5, 0.6) is 5.75 Å². The Hall–Kier alpha value is -1.71. The number of nitrogens with zero attached hydrogens (tertiary/aromatic N) is 1. The molecule has 3 rings (SSSR count). The zero-order chi connectivity index (χ0) is 20.3. The minimum Gasteiger partial charge on any atom is -0.491 e. The molecule has 1 fully saturated rings. The van der Waals surface area contributed by atoms with Crippen molar-refractivity contribution in [2.24, 2.45) is 0 Å². The molecule has 1 atom stereocenters. The van der Waals surface area contributed by atoms with Crippen LogP contribution >= 0.6 is 11.8 Å². The van der Waals surface area contributed by atoms with E-state index in [-0.39, 0.29) is 41.2 Å². The molecule has 1 aliphatic heterocycles. The first-order chi connectivity index (χ1) is 13.3. The van der Waals surface area contributed by atoms with E-state index >= 15 is 0 Å². The highest BCUT2D eigenvalue weighted by Gasteiger charge is 2.30. The largest absolute Gasteiger partial charge is 0.491 e. The van der Waals surface area contributed by atoms with E-state index in [0.717, 1.165) is 24.3 Å². The van der Waals surface area contributed by atoms with Crippen LogP contribution in [0.4, 0.5) is 13.2 Å². The highest BCUT2D eigenvalue weighted by atomic mass is 32.2. The fourth-order valence-corrected chi connectivity index (χ4v) is 5.89. The summed E-state index contributed by atoms with van der Waals surface area (Å²) in [4.78, 5) is -0.158. The van der Waals surface area contributed by atoms with Gasteiger partial charge in [-0.05, 0) is 49.7 Å². The average Bonchev–Trinajstić information content (AvgIpc) is 2.92. The highest BCUT2D eigenvalue weighted by Crippen LogP contribution is 2.37. The number of hydrogen-bond acceptors (Lipinski definition) is 4. The molecule has 1 aliphatic rings. The van der Waals surface area contributed by atoms with Gasteiger partial charge in [0.25, 0.3) is 0 Å². The molecular weight excluding hydrogens is 411 g/mol. The van der Waals surface area contributed by atoms with Crippen molar-refractivity contribution in [3.8, 4) is 5.75 Å². The van der Waals surface area contributed by atoms with Crippen molar-refractivity contribution in [3.05, 3.63) is 59.4 Å². The number of benzene rings is 2. The molecule has 0 amide bonds. The first-order valence-electron chi connectivity index (χ1n) is 8.82. The third-order valence-corrected chi connectivity index (χ3v) is 7.65. The molecule has 0 aliphatic carbocycles. The second kappa shape index (κ2) is 8.75. The van der Waals surface area contributed by atoms with Crippen LogP contribution in [0.25, 0.3) is 0 Å². The second-order valence-electron chi connectivity index (χ2n) is 6.24. The second-order valence-corrected chi connectivity index (χ2v) is 9.49. The Bertz CT molecular complexity index is 953. The molecular formula is C19H20F3NO3S2. The van der Waals surface area contributed by atoms with Gasteiger partial charge in [0.2, 0.25) is 10.0 Å². The van der Waals surface area contributed by atoms with Crippen LogP contribution in [0.1, 0.15) is 24.2 Å². The van der Waals surface area contributed by atoms with Gasteiger partial charge in [-0.2, -0.15) is 16.1 Å². The SMILES string of the molecule is CCOc1ccc(S(=O)(=O)N2CCS[C@@H](c3cc(F)ccc3F)CC2)cc1F. The predicted octanol–water partition coefficient (Wildman–Crippen LogP) is 4.37. The predicted molar refractivity (Wildman–Crippen MR) is 103 cm³/mol. The Balaban J connectivity index is 1.79. The molecule has 0 unspecified atom stereocenters. The van der Waals surface area contributed by atoms with E-state index in [1.807, 2.05) is 0 Å². The third-order valence-electron chi connectivity index (χ3n) is 4.45. The zero-order valence-corrected chi connectivity index (χ0v) is 16.8. The standard InChI is InChI=1S/C19H20F3NO3S2/c1-2-26-18-6-4-14(12-17(18)22)28(24,25)23-8-7-19(27-10-9-23)15-11-13(20)3-5-16(15)21/h3-6,11-12,19H,2,7-10H2,1H3/t19-/m1/s1. The lowest BCUT2D eigenvalue weighted by atomic mass is 10.1. The van der Waals surface area contributed by atoms with Gasteiger partial charge in [0, 0.05) is 29.7 Å². The van der Waals surface area contributed by atoms with Crippen molar-refractivity contribution >= 4 is 21.8 Å². The first-order valence-corrected chi connectivity index (χ1v) is 11.3. The number of sulfonamides is 1. The van der Waals surface area contributed by atoms with Crippen molar-refractivity contribution < 1.29 is 26.3 Å². The molecule has 2 aromatic rings. The fraction of sp³-hybridized carbons (Fsp3) is 0.368. The Labute approximate surface area is 166 Å². The Morgan fingerprint density at radius 3 is 2.61 bits per heavy atom. The van der Waals surface area contributed by atoms with Crippen LogP contribution in [0.15, 0.2) is 41.3 Å². The van der Waals surface area contributed by atoms with Crippen molar-refractivity contribution in [1.82, 2.24) is 4.31 Å². The molecule has 1 saturated heterocycles. The lowest BCUT2D eigenvalue weighted by molar-refractivity contribution is 0.321. The summed E-state index contributed by atoms with van der Waals surface area (Å²) in [6, 6.07) is 6.83.